The molecule has 1 aromatic carbocycles. The van der Waals surface area contributed by atoms with E-state index in [1.807, 2.05) is 30.3 Å². The molecule has 0 atom stereocenters. The number of benzene rings is 1. The molecule has 0 spiro atoms. The smallest absolute Gasteiger partial charge is 0.257 e. The first-order chi connectivity index (χ1) is 9.15. The van der Waals surface area contributed by atoms with Crippen molar-refractivity contribution in [2.24, 2.45) is 0 Å². The minimum absolute atomic E-state index is 0.199. The van der Waals surface area contributed by atoms with Crippen LogP contribution in [-0.2, 0) is 0 Å². The van der Waals surface area contributed by atoms with Gasteiger partial charge in [-0.3, -0.25) is 4.79 Å². The number of fused-ring (bicyclic) bond motifs is 1. The summed E-state index contributed by atoms with van der Waals surface area (Å²) in [6, 6.07) is 11.3. The van der Waals surface area contributed by atoms with E-state index in [1.54, 1.807) is 6.07 Å². The molecule has 2 heterocycles. The van der Waals surface area contributed by atoms with E-state index in [9.17, 15) is 9.90 Å². The highest BCUT2D eigenvalue weighted by Crippen LogP contribution is 2.19. The molecule has 2 aromatic heterocycles. The molecule has 5 heteroatoms. The highest BCUT2D eigenvalue weighted by molar-refractivity contribution is 5.80. The van der Waals surface area contributed by atoms with Gasteiger partial charge in [0.25, 0.3) is 5.56 Å². The number of aromatic hydroxyl groups is 1. The first-order valence-electron chi connectivity index (χ1n) is 5.81. The second kappa shape index (κ2) is 4.20. The van der Waals surface area contributed by atoms with Crippen LogP contribution in [0.1, 0.15) is 5.56 Å². The van der Waals surface area contributed by atoms with Crippen LogP contribution in [0, 0.1) is 6.92 Å². The predicted octanol–water partition coefficient (Wildman–Crippen LogP) is 2.00. The summed E-state index contributed by atoms with van der Waals surface area (Å²) in [5, 5.41) is 10.6. The van der Waals surface area contributed by atoms with Gasteiger partial charge < -0.3 is 10.1 Å². The van der Waals surface area contributed by atoms with Gasteiger partial charge in [-0.25, -0.2) is 4.98 Å². The maximum Gasteiger partial charge on any atom is 0.257 e. The van der Waals surface area contributed by atoms with Crippen molar-refractivity contribution in [1.29, 1.82) is 0 Å². The molecule has 0 aliphatic heterocycles. The van der Waals surface area contributed by atoms with E-state index in [2.05, 4.69) is 15.0 Å². The molecule has 0 saturated carbocycles. The van der Waals surface area contributed by atoms with Crippen LogP contribution >= 0.6 is 0 Å². The quantitative estimate of drug-likeness (QED) is 0.695. The monoisotopic (exact) mass is 253 g/mol. The van der Waals surface area contributed by atoms with E-state index in [4.69, 9.17) is 0 Å². The number of nitrogens with zero attached hydrogens (tertiary/aromatic N) is 2. The first-order valence-corrected chi connectivity index (χ1v) is 5.81. The van der Waals surface area contributed by atoms with E-state index in [0.29, 0.717) is 5.69 Å². The second-order valence-corrected chi connectivity index (χ2v) is 4.25. The van der Waals surface area contributed by atoms with Gasteiger partial charge in [0.15, 0.2) is 5.82 Å². The van der Waals surface area contributed by atoms with Gasteiger partial charge in [-0.2, -0.15) is 4.98 Å². The summed E-state index contributed by atoms with van der Waals surface area (Å²) in [6.45, 7) is 1.51. The lowest BCUT2D eigenvalue weighted by molar-refractivity contribution is 0.447. The Balaban J connectivity index is 2.22. The van der Waals surface area contributed by atoms with Crippen molar-refractivity contribution < 1.29 is 5.11 Å². The number of nitrogens with one attached hydrogen (secondary N) is 1. The van der Waals surface area contributed by atoms with Crippen LogP contribution in [0.5, 0.6) is 5.88 Å². The number of H-pyrrole nitrogens is 1. The van der Waals surface area contributed by atoms with Gasteiger partial charge in [-0.1, -0.05) is 24.3 Å². The van der Waals surface area contributed by atoms with Crippen LogP contribution in [-0.4, -0.2) is 20.1 Å². The zero-order valence-corrected chi connectivity index (χ0v) is 10.2. The van der Waals surface area contributed by atoms with Crippen molar-refractivity contribution in [3.63, 3.8) is 0 Å². The van der Waals surface area contributed by atoms with Crippen molar-refractivity contribution in [2.45, 2.75) is 6.92 Å². The standard InChI is InChI=1S/C14H11N3O2/c1-8-13(18)16-12(17-14(8)19)11-7-6-9-4-2-3-5-10(9)15-11/h2-7H,1H3,(H2,16,17,18,19). The molecular weight excluding hydrogens is 242 g/mol. The molecule has 0 amide bonds. The number of aromatic nitrogens is 3. The van der Waals surface area contributed by atoms with Gasteiger partial charge in [0.05, 0.1) is 11.1 Å². The molecule has 5 nitrogen and oxygen atoms in total. The zero-order valence-electron chi connectivity index (χ0n) is 10.2. The summed E-state index contributed by atoms with van der Waals surface area (Å²) in [6.07, 6.45) is 0. The molecule has 0 bridgehead atoms. The van der Waals surface area contributed by atoms with Crippen LogP contribution < -0.4 is 5.56 Å². The SMILES string of the molecule is Cc1c(O)nc(-c2ccc3ccccc3n2)[nH]c1=O. The largest absolute Gasteiger partial charge is 0.493 e. The van der Waals surface area contributed by atoms with E-state index in [0.717, 1.165) is 10.9 Å². The van der Waals surface area contributed by atoms with Gasteiger partial charge in [0.2, 0.25) is 5.88 Å². The number of aromatic amines is 1. The summed E-state index contributed by atoms with van der Waals surface area (Å²) >= 11 is 0. The highest BCUT2D eigenvalue weighted by atomic mass is 16.3. The Morgan fingerprint density at radius 2 is 1.89 bits per heavy atom. The maximum absolute atomic E-state index is 11.6. The number of hydrogen-bond acceptors (Lipinski definition) is 4. The Kier molecular flexibility index (Phi) is 2.52. The van der Waals surface area contributed by atoms with Crippen LogP contribution in [0.4, 0.5) is 0 Å². The molecule has 0 aliphatic carbocycles. The van der Waals surface area contributed by atoms with Crippen molar-refractivity contribution in [2.75, 3.05) is 0 Å². The molecule has 0 radical (unpaired) electrons. The van der Waals surface area contributed by atoms with E-state index >= 15 is 0 Å². The van der Waals surface area contributed by atoms with Crippen LogP contribution in [0.15, 0.2) is 41.2 Å². The molecule has 0 unspecified atom stereocenters. The molecular formula is C14H11N3O2. The van der Waals surface area contributed by atoms with E-state index in [1.165, 1.54) is 6.92 Å². The fourth-order valence-electron chi connectivity index (χ4n) is 1.84. The average Bonchev–Trinajstić information content (AvgIpc) is 2.43. The molecule has 2 N–H and O–H groups in total. The van der Waals surface area contributed by atoms with E-state index < -0.39 is 0 Å². The molecule has 19 heavy (non-hydrogen) atoms. The Labute approximate surface area is 108 Å². The third kappa shape index (κ3) is 1.95. The molecule has 0 fully saturated rings. The molecule has 3 rings (SSSR count). The van der Waals surface area contributed by atoms with E-state index in [-0.39, 0.29) is 22.8 Å². The highest BCUT2D eigenvalue weighted by Gasteiger charge is 2.09. The first kappa shape index (κ1) is 11.4. The lowest BCUT2D eigenvalue weighted by Gasteiger charge is -2.04. The number of pyridine rings is 1. The molecule has 94 valence electrons. The normalized spacial score (nSPS) is 10.8. The molecule has 0 aliphatic rings. The Hall–Kier alpha value is -2.69. The summed E-state index contributed by atoms with van der Waals surface area (Å²) < 4.78 is 0. The summed E-state index contributed by atoms with van der Waals surface area (Å²) in [4.78, 5) is 22.6. The van der Waals surface area contributed by atoms with Gasteiger partial charge in [0, 0.05) is 5.39 Å². The minimum Gasteiger partial charge on any atom is -0.493 e. The number of hydrogen-bond donors (Lipinski definition) is 2. The van der Waals surface area contributed by atoms with Crippen LogP contribution in [0.2, 0.25) is 0 Å². The maximum atomic E-state index is 11.6. The predicted molar refractivity (Wildman–Crippen MR) is 72.0 cm³/mol. The lowest BCUT2D eigenvalue weighted by Crippen LogP contribution is -2.12. The topological polar surface area (TPSA) is 78.9 Å². The zero-order chi connectivity index (χ0) is 13.4. The second-order valence-electron chi connectivity index (χ2n) is 4.25. The van der Waals surface area contributed by atoms with Gasteiger partial charge in [0.1, 0.15) is 5.69 Å². The average molecular weight is 253 g/mol. The van der Waals surface area contributed by atoms with Crippen molar-refractivity contribution in [3.05, 3.63) is 52.3 Å². The summed E-state index contributed by atoms with van der Waals surface area (Å²) in [7, 11) is 0. The Morgan fingerprint density at radius 1 is 1.11 bits per heavy atom. The third-order valence-electron chi connectivity index (χ3n) is 2.97. The van der Waals surface area contributed by atoms with Crippen molar-refractivity contribution in [1.82, 2.24) is 15.0 Å². The summed E-state index contributed by atoms with van der Waals surface area (Å²) in [5.41, 5.74) is 1.16. The Morgan fingerprint density at radius 3 is 2.68 bits per heavy atom. The van der Waals surface area contributed by atoms with Gasteiger partial charge in [-0.15, -0.1) is 0 Å². The molecule has 0 saturated heterocycles. The Bertz CT molecular complexity index is 824. The van der Waals surface area contributed by atoms with Gasteiger partial charge >= 0.3 is 0 Å². The fourth-order valence-corrected chi connectivity index (χ4v) is 1.84. The lowest BCUT2D eigenvalue weighted by atomic mass is 10.2. The van der Waals surface area contributed by atoms with Gasteiger partial charge in [-0.05, 0) is 19.1 Å². The minimum atomic E-state index is -0.363. The number of rotatable bonds is 1. The third-order valence-corrected chi connectivity index (χ3v) is 2.97. The fraction of sp³-hybridized carbons (Fsp3) is 0.0714. The van der Waals surface area contributed by atoms with Crippen molar-refractivity contribution in [3.8, 4) is 17.4 Å². The molecule has 3 aromatic rings. The van der Waals surface area contributed by atoms with Crippen molar-refractivity contribution >= 4 is 10.9 Å². The van der Waals surface area contributed by atoms with Crippen LogP contribution in [0.25, 0.3) is 22.4 Å². The summed E-state index contributed by atoms with van der Waals surface area (Å²) in [5.74, 6) is -0.00689. The number of para-hydroxylation sites is 1. The van der Waals surface area contributed by atoms with Crippen LogP contribution in [0.3, 0.4) is 0 Å².